The lowest BCUT2D eigenvalue weighted by Crippen LogP contribution is -1.89. The van der Waals surface area contributed by atoms with Crippen molar-refractivity contribution in [2.24, 2.45) is 0 Å². The maximum atomic E-state index is 4.40. The van der Waals surface area contributed by atoms with Crippen molar-refractivity contribution >= 4 is 38.9 Å². The van der Waals surface area contributed by atoms with Gasteiger partial charge in [-0.2, -0.15) is 0 Å². The fourth-order valence-corrected chi connectivity index (χ4v) is 2.11. The van der Waals surface area contributed by atoms with Crippen LogP contribution >= 0.6 is 22.6 Å². The number of rotatable bonds is 1. The highest BCUT2D eigenvalue weighted by molar-refractivity contribution is 14.1. The van der Waals surface area contributed by atoms with Gasteiger partial charge in [-0.3, -0.25) is 4.98 Å². The van der Waals surface area contributed by atoms with Crippen molar-refractivity contribution in [3.63, 3.8) is 0 Å². The SMILES string of the molecule is C=C(C)c1ncc(I)c2ccccc12. The largest absolute Gasteiger partial charge is 0.255 e. The monoisotopic (exact) mass is 295 g/mol. The maximum absolute atomic E-state index is 4.40. The highest BCUT2D eigenvalue weighted by Crippen LogP contribution is 2.25. The van der Waals surface area contributed by atoms with Crippen molar-refractivity contribution < 1.29 is 0 Å². The molecule has 1 nitrogen and oxygen atoms in total. The molecule has 0 aliphatic rings. The second-order valence-electron chi connectivity index (χ2n) is 3.28. The molecule has 0 N–H and O–H groups in total. The van der Waals surface area contributed by atoms with Gasteiger partial charge in [0.2, 0.25) is 0 Å². The van der Waals surface area contributed by atoms with Crippen LogP contribution in [-0.2, 0) is 0 Å². The molecule has 0 aliphatic heterocycles. The molecule has 70 valence electrons. The first kappa shape index (κ1) is 9.65. The van der Waals surface area contributed by atoms with Crippen LogP contribution in [0.3, 0.4) is 0 Å². The second-order valence-corrected chi connectivity index (χ2v) is 4.44. The second kappa shape index (κ2) is 3.69. The summed E-state index contributed by atoms with van der Waals surface area (Å²) in [6.07, 6.45) is 1.90. The normalized spacial score (nSPS) is 10.4. The van der Waals surface area contributed by atoms with Crippen LogP contribution in [0.5, 0.6) is 0 Å². The summed E-state index contributed by atoms with van der Waals surface area (Å²) in [6, 6.07) is 8.29. The van der Waals surface area contributed by atoms with Gasteiger partial charge in [-0.15, -0.1) is 0 Å². The minimum absolute atomic E-state index is 1.00. The Labute approximate surface area is 97.0 Å². The number of halogens is 1. The highest BCUT2D eigenvalue weighted by Gasteiger charge is 2.04. The average Bonchev–Trinajstić information content (AvgIpc) is 2.18. The van der Waals surface area contributed by atoms with E-state index in [9.17, 15) is 0 Å². The minimum Gasteiger partial charge on any atom is -0.255 e. The molecule has 1 heterocycles. The fraction of sp³-hybridized carbons (Fsp3) is 0.0833. The van der Waals surface area contributed by atoms with Gasteiger partial charge in [0.25, 0.3) is 0 Å². The Kier molecular flexibility index (Phi) is 2.54. The van der Waals surface area contributed by atoms with E-state index in [4.69, 9.17) is 0 Å². The predicted octanol–water partition coefficient (Wildman–Crippen LogP) is 3.87. The Morgan fingerprint density at radius 1 is 1.29 bits per heavy atom. The third-order valence-electron chi connectivity index (χ3n) is 2.15. The molecule has 2 heteroatoms. The third kappa shape index (κ3) is 1.54. The molecule has 0 saturated heterocycles. The lowest BCUT2D eigenvalue weighted by Gasteiger charge is -2.06. The Balaban J connectivity index is 2.88. The summed E-state index contributed by atoms with van der Waals surface area (Å²) in [5.41, 5.74) is 2.01. The zero-order chi connectivity index (χ0) is 10.1. The number of pyridine rings is 1. The molecule has 1 aromatic carbocycles. The molecule has 0 atom stereocenters. The van der Waals surface area contributed by atoms with Crippen molar-refractivity contribution in [1.29, 1.82) is 0 Å². The van der Waals surface area contributed by atoms with E-state index in [1.165, 1.54) is 14.3 Å². The van der Waals surface area contributed by atoms with Crippen LogP contribution < -0.4 is 0 Å². The van der Waals surface area contributed by atoms with Crippen molar-refractivity contribution in [2.45, 2.75) is 6.92 Å². The van der Waals surface area contributed by atoms with Gasteiger partial charge in [0.15, 0.2) is 0 Å². The average molecular weight is 295 g/mol. The number of nitrogens with zero attached hydrogens (tertiary/aromatic N) is 1. The molecule has 0 spiro atoms. The maximum Gasteiger partial charge on any atom is 0.0732 e. The summed E-state index contributed by atoms with van der Waals surface area (Å²) in [5.74, 6) is 0. The van der Waals surface area contributed by atoms with E-state index in [1.807, 2.05) is 25.3 Å². The van der Waals surface area contributed by atoms with E-state index in [2.05, 4.69) is 46.3 Å². The Morgan fingerprint density at radius 2 is 1.93 bits per heavy atom. The number of fused-ring (bicyclic) bond motifs is 1. The molecule has 0 saturated carbocycles. The zero-order valence-corrected chi connectivity index (χ0v) is 10.1. The first-order chi connectivity index (χ1) is 6.70. The molecule has 14 heavy (non-hydrogen) atoms. The van der Waals surface area contributed by atoms with Crippen LogP contribution in [0.1, 0.15) is 12.6 Å². The van der Waals surface area contributed by atoms with Gasteiger partial charge < -0.3 is 0 Å². The van der Waals surface area contributed by atoms with Gasteiger partial charge in [-0.25, -0.2) is 0 Å². The molecule has 0 amide bonds. The molecule has 0 bridgehead atoms. The lowest BCUT2D eigenvalue weighted by molar-refractivity contribution is 1.29. The van der Waals surface area contributed by atoms with E-state index in [1.54, 1.807) is 0 Å². The zero-order valence-electron chi connectivity index (χ0n) is 7.92. The molecule has 0 aliphatic carbocycles. The van der Waals surface area contributed by atoms with Gasteiger partial charge in [-0.05, 0) is 40.5 Å². The Hall–Kier alpha value is -0.900. The van der Waals surface area contributed by atoms with E-state index in [0.717, 1.165) is 11.3 Å². The standard InChI is InChI=1S/C12H10IN/c1-8(2)12-10-6-4-3-5-9(10)11(13)7-14-12/h3-7H,1H2,2H3. The molecule has 2 aromatic rings. The van der Waals surface area contributed by atoms with Crippen LogP contribution in [0, 0.1) is 3.57 Å². The van der Waals surface area contributed by atoms with Gasteiger partial charge in [0.1, 0.15) is 0 Å². The predicted molar refractivity (Wildman–Crippen MR) is 69.2 cm³/mol. The van der Waals surface area contributed by atoms with Gasteiger partial charge in [-0.1, -0.05) is 30.8 Å². The first-order valence-electron chi connectivity index (χ1n) is 4.39. The lowest BCUT2D eigenvalue weighted by atomic mass is 10.1. The van der Waals surface area contributed by atoms with Gasteiger partial charge in [0.05, 0.1) is 5.69 Å². The smallest absolute Gasteiger partial charge is 0.0732 e. The number of hydrogen-bond acceptors (Lipinski definition) is 1. The molecule has 0 fully saturated rings. The van der Waals surface area contributed by atoms with E-state index >= 15 is 0 Å². The molecule has 1 aromatic heterocycles. The van der Waals surface area contributed by atoms with E-state index in [0.29, 0.717) is 0 Å². The highest BCUT2D eigenvalue weighted by atomic mass is 127. The summed E-state index contributed by atoms with van der Waals surface area (Å²) in [6.45, 7) is 5.93. The van der Waals surface area contributed by atoms with Gasteiger partial charge >= 0.3 is 0 Å². The third-order valence-corrected chi connectivity index (χ3v) is 3.01. The minimum atomic E-state index is 1.00. The summed E-state index contributed by atoms with van der Waals surface area (Å²) in [7, 11) is 0. The Morgan fingerprint density at radius 3 is 2.57 bits per heavy atom. The first-order valence-corrected chi connectivity index (χ1v) is 5.47. The Bertz CT molecular complexity index is 503. The van der Waals surface area contributed by atoms with Crippen molar-refractivity contribution in [1.82, 2.24) is 4.98 Å². The molecular formula is C12H10IN. The molecule has 0 radical (unpaired) electrons. The van der Waals surface area contributed by atoms with Gasteiger partial charge in [0, 0.05) is 15.2 Å². The van der Waals surface area contributed by atoms with Crippen molar-refractivity contribution in [3.05, 3.63) is 46.3 Å². The fourth-order valence-electron chi connectivity index (χ4n) is 1.50. The summed E-state index contributed by atoms with van der Waals surface area (Å²) in [4.78, 5) is 4.40. The van der Waals surface area contributed by atoms with Crippen molar-refractivity contribution in [3.8, 4) is 0 Å². The summed E-state index contributed by atoms with van der Waals surface area (Å²) < 4.78 is 1.18. The van der Waals surface area contributed by atoms with E-state index < -0.39 is 0 Å². The summed E-state index contributed by atoms with van der Waals surface area (Å²) in [5, 5.41) is 2.44. The van der Waals surface area contributed by atoms with E-state index in [-0.39, 0.29) is 0 Å². The number of benzene rings is 1. The van der Waals surface area contributed by atoms with Crippen LogP contribution in [0.2, 0.25) is 0 Å². The van der Waals surface area contributed by atoms with Crippen molar-refractivity contribution in [2.75, 3.05) is 0 Å². The van der Waals surface area contributed by atoms with Crippen LogP contribution in [0.25, 0.3) is 16.3 Å². The number of allylic oxidation sites excluding steroid dienone is 1. The number of aromatic nitrogens is 1. The molecule has 2 rings (SSSR count). The van der Waals surface area contributed by atoms with Crippen LogP contribution in [0.15, 0.2) is 37.0 Å². The molecular weight excluding hydrogens is 285 g/mol. The number of hydrogen-bond donors (Lipinski definition) is 0. The molecule has 0 unspecified atom stereocenters. The van der Waals surface area contributed by atoms with Crippen LogP contribution in [0.4, 0.5) is 0 Å². The van der Waals surface area contributed by atoms with Crippen LogP contribution in [-0.4, -0.2) is 4.98 Å². The summed E-state index contributed by atoms with van der Waals surface area (Å²) >= 11 is 2.31. The topological polar surface area (TPSA) is 12.9 Å². The quantitative estimate of drug-likeness (QED) is 0.728.